The maximum atomic E-state index is 14.2. The van der Waals surface area contributed by atoms with Gasteiger partial charge in [0, 0.05) is 37.6 Å². The number of hydrogen-bond donors (Lipinski definition) is 2. The first kappa shape index (κ1) is 18.9. The lowest BCUT2D eigenvalue weighted by molar-refractivity contribution is 0.102. The molecule has 1 atom stereocenters. The summed E-state index contributed by atoms with van der Waals surface area (Å²) in [5.74, 6) is 0.698. The minimum absolute atomic E-state index is 0.184. The Labute approximate surface area is 173 Å². The van der Waals surface area contributed by atoms with Gasteiger partial charge in [-0.3, -0.25) is 4.79 Å². The van der Waals surface area contributed by atoms with Gasteiger partial charge in [-0.15, -0.1) is 0 Å². The van der Waals surface area contributed by atoms with Gasteiger partial charge in [0.05, 0.1) is 23.8 Å². The van der Waals surface area contributed by atoms with Gasteiger partial charge in [0.2, 0.25) is 0 Å². The van der Waals surface area contributed by atoms with Gasteiger partial charge in [-0.2, -0.15) is 0 Å². The first-order chi connectivity index (χ1) is 14.5. The van der Waals surface area contributed by atoms with Crippen molar-refractivity contribution in [3.63, 3.8) is 0 Å². The molecule has 156 valence electrons. The predicted octanol–water partition coefficient (Wildman–Crippen LogP) is 2.40. The molecule has 3 aromatic heterocycles. The standard InChI is InChI=1S/C21H24FN7O/c1-13-10-29-12-16(6-17(22)20(29)26-13)27-21(30)18-8-25-19(9-24-18)28-5-4-15(11-28)23-7-14-2-3-14/h6,8-10,12,14-15,23H,2-5,7,11H2,1H3,(H,27,30)/t15-/m1/s1. The quantitative estimate of drug-likeness (QED) is 0.650. The van der Waals surface area contributed by atoms with E-state index in [1.807, 2.05) is 0 Å². The highest BCUT2D eigenvalue weighted by Gasteiger charge is 2.27. The fraction of sp³-hybridized carbons (Fsp3) is 0.429. The molecule has 2 aliphatic rings. The molecule has 2 fully saturated rings. The number of hydrogen-bond acceptors (Lipinski definition) is 6. The van der Waals surface area contributed by atoms with Crippen LogP contribution in [0.5, 0.6) is 0 Å². The second kappa shape index (κ2) is 7.64. The minimum atomic E-state index is -0.499. The maximum absolute atomic E-state index is 14.2. The summed E-state index contributed by atoms with van der Waals surface area (Å²) in [6.45, 7) is 4.71. The SMILES string of the molecule is Cc1cn2cc(NC(=O)c3cnc(N4CC[C@@H](NCC5CC5)C4)cn3)cc(F)c2n1. The normalized spacial score (nSPS) is 18.9. The second-order valence-electron chi connectivity index (χ2n) is 8.19. The molecule has 0 bridgehead atoms. The van der Waals surface area contributed by atoms with Crippen molar-refractivity contribution in [1.82, 2.24) is 24.7 Å². The van der Waals surface area contributed by atoms with Crippen molar-refractivity contribution in [3.05, 3.63) is 48.1 Å². The number of nitrogens with zero attached hydrogens (tertiary/aromatic N) is 5. The summed E-state index contributed by atoms with van der Waals surface area (Å²) in [5, 5.41) is 6.30. The maximum Gasteiger partial charge on any atom is 0.275 e. The Kier molecular flexibility index (Phi) is 4.82. The van der Waals surface area contributed by atoms with Crippen LogP contribution in [0.15, 0.2) is 30.9 Å². The molecule has 1 amide bonds. The van der Waals surface area contributed by atoms with Crippen LogP contribution in [0.1, 0.15) is 35.4 Å². The highest BCUT2D eigenvalue weighted by Crippen LogP contribution is 2.28. The summed E-state index contributed by atoms with van der Waals surface area (Å²) >= 11 is 0. The van der Waals surface area contributed by atoms with Crippen molar-refractivity contribution in [2.24, 2.45) is 5.92 Å². The van der Waals surface area contributed by atoms with Crippen LogP contribution in [0.2, 0.25) is 0 Å². The first-order valence-corrected chi connectivity index (χ1v) is 10.3. The number of amides is 1. The Morgan fingerprint density at radius 1 is 1.23 bits per heavy atom. The average molecular weight is 409 g/mol. The molecule has 0 spiro atoms. The van der Waals surface area contributed by atoms with Gasteiger partial charge in [0.1, 0.15) is 11.5 Å². The molecule has 2 N–H and O–H groups in total. The van der Waals surface area contributed by atoms with Crippen LogP contribution in [0, 0.1) is 18.7 Å². The summed E-state index contributed by atoms with van der Waals surface area (Å²) < 4.78 is 15.8. The van der Waals surface area contributed by atoms with E-state index in [9.17, 15) is 9.18 Å². The molecular formula is C21H24FN7O. The molecule has 0 aromatic carbocycles. The first-order valence-electron chi connectivity index (χ1n) is 10.3. The number of rotatable bonds is 6. The Morgan fingerprint density at radius 3 is 2.87 bits per heavy atom. The zero-order valence-electron chi connectivity index (χ0n) is 16.8. The lowest BCUT2D eigenvalue weighted by Crippen LogP contribution is -2.34. The van der Waals surface area contributed by atoms with E-state index in [0.29, 0.717) is 17.4 Å². The van der Waals surface area contributed by atoms with Crippen molar-refractivity contribution in [2.75, 3.05) is 29.9 Å². The van der Waals surface area contributed by atoms with Gasteiger partial charge < -0.3 is 19.9 Å². The van der Waals surface area contributed by atoms with E-state index >= 15 is 0 Å². The molecule has 1 aliphatic carbocycles. The molecule has 5 rings (SSSR count). The number of carbonyl (C=O) groups excluding carboxylic acids is 1. The largest absolute Gasteiger partial charge is 0.354 e. The molecule has 1 saturated heterocycles. The molecule has 4 heterocycles. The lowest BCUT2D eigenvalue weighted by atomic mass is 10.2. The Hall–Kier alpha value is -3.07. The summed E-state index contributed by atoms with van der Waals surface area (Å²) in [5.41, 5.74) is 1.44. The summed E-state index contributed by atoms with van der Waals surface area (Å²) in [7, 11) is 0. The van der Waals surface area contributed by atoms with Crippen LogP contribution in [0.4, 0.5) is 15.9 Å². The third-order valence-electron chi connectivity index (χ3n) is 5.66. The Balaban J connectivity index is 1.22. The molecule has 1 aliphatic heterocycles. The summed E-state index contributed by atoms with van der Waals surface area (Å²) in [4.78, 5) is 27.5. The molecular weight excluding hydrogens is 385 g/mol. The molecule has 1 saturated carbocycles. The number of imidazole rings is 1. The van der Waals surface area contributed by atoms with Crippen molar-refractivity contribution < 1.29 is 9.18 Å². The van der Waals surface area contributed by atoms with Crippen LogP contribution in [0.25, 0.3) is 5.65 Å². The topological polar surface area (TPSA) is 87.5 Å². The number of carbonyl (C=O) groups is 1. The summed E-state index contributed by atoms with van der Waals surface area (Å²) in [6, 6.07) is 1.73. The highest BCUT2D eigenvalue weighted by molar-refractivity contribution is 6.02. The zero-order chi connectivity index (χ0) is 20.7. The number of aromatic nitrogens is 4. The predicted molar refractivity (Wildman–Crippen MR) is 111 cm³/mol. The Bertz CT molecular complexity index is 1080. The van der Waals surface area contributed by atoms with E-state index < -0.39 is 11.7 Å². The molecule has 0 unspecified atom stereocenters. The molecule has 3 aromatic rings. The van der Waals surface area contributed by atoms with Gasteiger partial charge in [-0.1, -0.05) is 0 Å². The third-order valence-corrected chi connectivity index (χ3v) is 5.66. The van der Waals surface area contributed by atoms with Gasteiger partial charge in [-0.05, 0) is 38.6 Å². The van der Waals surface area contributed by atoms with Crippen molar-refractivity contribution in [3.8, 4) is 0 Å². The second-order valence-corrected chi connectivity index (χ2v) is 8.19. The van der Waals surface area contributed by atoms with E-state index in [0.717, 1.165) is 37.8 Å². The Morgan fingerprint density at radius 2 is 2.10 bits per heavy atom. The highest BCUT2D eigenvalue weighted by atomic mass is 19.1. The number of fused-ring (bicyclic) bond motifs is 1. The molecule has 8 nitrogen and oxygen atoms in total. The van der Waals surface area contributed by atoms with Gasteiger partial charge in [-0.25, -0.2) is 19.3 Å². The van der Waals surface area contributed by atoms with Crippen LogP contribution in [-0.4, -0.2) is 50.9 Å². The van der Waals surface area contributed by atoms with E-state index in [-0.39, 0.29) is 11.3 Å². The molecule has 0 radical (unpaired) electrons. The van der Waals surface area contributed by atoms with Crippen LogP contribution >= 0.6 is 0 Å². The molecule has 30 heavy (non-hydrogen) atoms. The number of anilines is 2. The van der Waals surface area contributed by atoms with E-state index in [1.165, 1.54) is 25.1 Å². The van der Waals surface area contributed by atoms with Gasteiger partial charge >= 0.3 is 0 Å². The average Bonchev–Trinajstić information content (AvgIpc) is 3.30. The fourth-order valence-corrected chi connectivity index (χ4v) is 3.83. The third kappa shape index (κ3) is 3.97. The summed E-state index contributed by atoms with van der Waals surface area (Å²) in [6.07, 6.45) is 10.2. The minimum Gasteiger partial charge on any atom is -0.354 e. The number of nitrogens with one attached hydrogen (secondary N) is 2. The smallest absolute Gasteiger partial charge is 0.275 e. The van der Waals surface area contributed by atoms with E-state index in [4.69, 9.17) is 0 Å². The van der Waals surface area contributed by atoms with Gasteiger partial charge in [0.25, 0.3) is 5.91 Å². The number of pyridine rings is 1. The number of aryl methyl sites for hydroxylation is 1. The van der Waals surface area contributed by atoms with Crippen molar-refractivity contribution >= 4 is 23.1 Å². The van der Waals surface area contributed by atoms with Crippen molar-refractivity contribution in [1.29, 1.82) is 0 Å². The van der Waals surface area contributed by atoms with Crippen LogP contribution < -0.4 is 15.5 Å². The van der Waals surface area contributed by atoms with Gasteiger partial charge in [0.15, 0.2) is 11.5 Å². The zero-order valence-corrected chi connectivity index (χ0v) is 16.8. The van der Waals surface area contributed by atoms with Crippen molar-refractivity contribution in [2.45, 2.75) is 32.2 Å². The lowest BCUT2D eigenvalue weighted by Gasteiger charge is -2.17. The van der Waals surface area contributed by atoms with Crippen LogP contribution in [0.3, 0.4) is 0 Å². The monoisotopic (exact) mass is 409 g/mol. The fourth-order valence-electron chi connectivity index (χ4n) is 3.83. The molecule has 9 heteroatoms. The van der Waals surface area contributed by atoms with E-state index in [1.54, 1.807) is 29.9 Å². The van der Waals surface area contributed by atoms with Crippen LogP contribution in [-0.2, 0) is 0 Å². The number of halogens is 1. The van der Waals surface area contributed by atoms with E-state index in [2.05, 4.69) is 30.5 Å².